The minimum Gasteiger partial charge on any atom is -0.506 e. The smallest absolute Gasteiger partial charge is 0.407 e. The van der Waals surface area contributed by atoms with Crippen molar-refractivity contribution in [2.24, 2.45) is 5.10 Å². The quantitative estimate of drug-likeness (QED) is 0.386. The van der Waals surface area contributed by atoms with Gasteiger partial charge in [0.05, 0.1) is 11.2 Å². The van der Waals surface area contributed by atoms with Gasteiger partial charge >= 0.3 is 6.09 Å². The van der Waals surface area contributed by atoms with E-state index in [2.05, 4.69) is 15.8 Å². The fourth-order valence-corrected chi connectivity index (χ4v) is 3.10. The molecule has 0 fully saturated rings. The summed E-state index contributed by atoms with van der Waals surface area (Å²) in [6.07, 6.45) is 1.07. The molecule has 2 amide bonds. The van der Waals surface area contributed by atoms with E-state index in [0.717, 1.165) is 21.9 Å². The number of aromatic hydroxyl groups is 1. The van der Waals surface area contributed by atoms with Crippen molar-refractivity contribution >= 4 is 40.6 Å². The van der Waals surface area contributed by atoms with Crippen LogP contribution in [0.4, 0.5) is 4.79 Å². The SMILES string of the molecule is CC(C)NC(=O)OCc1ccc(/C=N/NC(=O)c2ccc(O)c(Cl)c2)c2ccccc12. The van der Waals surface area contributed by atoms with E-state index >= 15 is 0 Å². The van der Waals surface area contributed by atoms with E-state index in [1.807, 2.05) is 50.2 Å². The number of hydrogen-bond donors (Lipinski definition) is 3. The van der Waals surface area contributed by atoms with Gasteiger partial charge in [-0.05, 0) is 48.4 Å². The Morgan fingerprint density at radius 1 is 1.13 bits per heavy atom. The van der Waals surface area contributed by atoms with Crippen LogP contribution < -0.4 is 10.7 Å². The Morgan fingerprint density at radius 2 is 1.87 bits per heavy atom. The second-order valence-corrected chi connectivity index (χ2v) is 7.51. The average molecular weight is 440 g/mol. The minimum atomic E-state index is -0.471. The summed E-state index contributed by atoms with van der Waals surface area (Å²) in [6.45, 7) is 3.86. The van der Waals surface area contributed by atoms with Crippen molar-refractivity contribution in [1.29, 1.82) is 0 Å². The molecule has 0 radical (unpaired) electrons. The first-order chi connectivity index (χ1) is 14.8. The standard InChI is InChI=1S/C23H22ClN3O4/c1-14(2)26-23(30)31-13-17-8-7-16(18-5-3-4-6-19(17)18)12-25-27-22(29)15-9-10-21(28)20(24)11-15/h3-12,14,28H,13H2,1-2H3,(H,26,30)(H,27,29)/b25-12+. The van der Waals surface area contributed by atoms with Crippen molar-refractivity contribution in [3.63, 3.8) is 0 Å². The molecule has 0 saturated heterocycles. The molecule has 0 heterocycles. The number of rotatable bonds is 6. The van der Waals surface area contributed by atoms with E-state index in [1.54, 1.807) is 6.21 Å². The van der Waals surface area contributed by atoms with Crippen LogP contribution in [0.1, 0.15) is 35.3 Å². The predicted molar refractivity (Wildman–Crippen MR) is 121 cm³/mol. The lowest BCUT2D eigenvalue weighted by molar-refractivity contribution is 0.0955. The van der Waals surface area contributed by atoms with Gasteiger partial charge in [-0.1, -0.05) is 48.0 Å². The fraction of sp³-hybridized carbons (Fsp3) is 0.174. The highest BCUT2D eigenvalue weighted by atomic mass is 35.5. The summed E-state index contributed by atoms with van der Waals surface area (Å²) in [7, 11) is 0. The number of phenolic OH excluding ortho intramolecular Hbond substituents is 1. The normalized spacial score (nSPS) is 11.1. The number of alkyl carbamates (subject to hydrolysis) is 1. The Morgan fingerprint density at radius 3 is 2.58 bits per heavy atom. The van der Waals surface area contributed by atoms with E-state index < -0.39 is 12.0 Å². The maximum atomic E-state index is 12.2. The van der Waals surface area contributed by atoms with E-state index in [0.29, 0.717) is 0 Å². The number of hydrazone groups is 1. The number of nitrogens with zero attached hydrogens (tertiary/aromatic N) is 1. The summed E-state index contributed by atoms with van der Waals surface area (Å²) in [5.74, 6) is -0.553. The van der Waals surface area contributed by atoms with Gasteiger partial charge < -0.3 is 15.2 Å². The molecule has 0 atom stereocenters. The van der Waals surface area contributed by atoms with E-state index in [-0.39, 0.29) is 29.0 Å². The Labute approximate surface area is 184 Å². The lowest BCUT2D eigenvalue weighted by atomic mass is 10.0. The molecular weight excluding hydrogens is 418 g/mol. The van der Waals surface area contributed by atoms with Gasteiger partial charge in [-0.2, -0.15) is 5.10 Å². The molecule has 0 unspecified atom stereocenters. The number of benzene rings is 3. The van der Waals surface area contributed by atoms with E-state index in [9.17, 15) is 14.7 Å². The molecule has 0 aliphatic heterocycles. The van der Waals surface area contributed by atoms with Crippen LogP contribution in [0.25, 0.3) is 10.8 Å². The highest BCUT2D eigenvalue weighted by molar-refractivity contribution is 6.32. The third-order valence-corrected chi connectivity index (χ3v) is 4.70. The molecule has 160 valence electrons. The molecule has 3 aromatic rings. The van der Waals surface area contributed by atoms with Crippen LogP contribution in [0.2, 0.25) is 5.02 Å². The van der Waals surface area contributed by atoms with Gasteiger partial charge in [-0.3, -0.25) is 4.79 Å². The van der Waals surface area contributed by atoms with Crippen LogP contribution in [0.5, 0.6) is 5.75 Å². The first kappa shape index (κ1) is 22.1. The summed E-state index contributed by atoms with van der Waals surface area (Å²) < 4.78 is 5.30. The number of hydrogen-bond acceptors (Lipinski definition) is 5. The Hall–Kier alpha value is -3.58. The summed E-state index contributed by atoms with van der Waals surface area (Å²) in [6, 6.07) is 15.5. The molecule has 0 saturated carbocycles. The topological polar surface area (TPSA) is 100 Å². The summed E-state index contributed by atoms with van der Waals surface area (Å²) in [5.41, 5.74) is 4.36. The van der Waals surface area contributed by atoms with E-state index in [4.69, 9.17) is 16.3 Å². The van der Waals surface area contributed by atoms with Crippen LogP contribution in [-0.2, 0) is 11.3 Å². The van der Waals surface area contributed by atoms with Gasteiger partial charge in [0.15, 0.2) is 0 Å². The Balaban J connectivity index is 1.74. The zero-order valence-corrected chi connectivity index (χ0v) is 17.8. The van der Waals surface area contributed by atoms with Crippen LogP contribution in [0, 0.1) is 0 Å². The summed E-state index contributed by atoms with van der Waals surface area (Å²) >= 11 is 5.83. The van der Waals surface area contributed by atoms with Crippen molar-refractivity contribution < 1.29 is 19.4 Å². The molecule has 7 nitrogen and oxygen atoms in total. The molecular formula is C23H22ClN3O4. The molecule has 31 heavy (non-hydrogen) atoms. The van der Waals surface area contributed by atoms with Crippen molar-refractivity contribution in [3.05, 3.63) is 76.3 Å². The van der Waals surface area contributed by atoms with Gasteiger partial charge in [0.25, 0.3) is 5.91 Å². The first-order valence-corrected chi connectivity index (χ1v) is 9.99. The molecule has 3 N–H and O–H groups in total. The molecule has 0 aliphatic carbocycles. The first-order valence-electron chi connectivity index (χ1n) is 9.61. The third-order valence-electron chi connectivity index (χ3n) is 4.39. The number of carbonyl (C=O) groups excluding carboxylic acids is 2. The minimum absolute atomic E-state index is 0.00403. The maximum absolute atomic E-state index is 12.2. The molecule has 3 rings (SSSR count). The number of amides is 2. The highest BCUT2D eigenvalue weighted by Crippen LogP contribution is 2.24. The monoisotopic (exact) mass is 439 g/mol. The maximum Gasteiger partial charge on any atom is 0.407 e. The van der Waals surface area contributed by atoms with Crippen LogP contribution in [-0.4, -0.2) is 29.4 Å². The van der Waals surface area contributed by atoms with Gasteiger partial charge in [0.2, 0.25) is 0 Å². The van der Waals surface area contributed by atoms with Crippen LogP contribution in [0.15, 0.2) is 59.7 Å². The van der Waals surface area contributed by atoms with Crippen LogP contribution >= 0.6 is 11.6 Å². The number of phenols is 1. The van der Waals surface area contributed by atoms with Gasteiger partial charge in [-0.15, -0.1) is 0 Å². The molecule has 0 aromatic heterocycles. The third kappa shape index (κ3) is 5.73. The molecule has 8 heteroatoms. The zero-order chi connectivity index (χ0) is 22.4. The fourth-order valence-electron chi connectivity index (χ4n) is 2.92. The number of ether oxygens (including phenoxy) is 1. The Kier molecular flexibility index (Phi) is 7.10. The van der Waals surface area contributed by atoms with Crippen molar-refractivity contribution in [2.45, 2.75) is 26.5 Å². The van der Waals surface area contributed by atoms with Crippen LogP contribution in [0.3, 0.4) is 0 Å². The van der Waals surface area contributed by atoms with Crippen molar-refractivity contribution in [2.75, 3.05) is 0 Å². The second-order valence-electron chi connectivity index (χ2n) is 7.10. The van der Waals surface area contributed by atoms with Gasteiger partial charge in [-0.25, -0.2) is 10.2 Å². The second kappa shape index (κ2) is 9.95. The van der Waals surface area contributed by atoms with Crippen molar-refractivity contribution in [3.8, 4) is 5.75 Å². The lowest BCUT2D eigenvalue weighted by Gasteiger charge is -2.12. The number of carbonyl (C=O) groups is 2. The summed E-state index contributed by atoms with van der Waals surface area (Å²) in [4.78, 5) is 24.0. The largest absolute Gasteiger partial charge is 0.506 e. The molecule has 3 aromatic carbocycles. The number of nitrogens with one attached hydrogen (secondary N) is 2. The zero-order valence-electron chi connectivity index (χ0n) is 17.1. The predicted octanol–water partition coefficient (Wildman–Crippen LogP) is 4.60. The Bertz CT molecular complexity index is 1140. The number of fused-ring (bicyclic) bond motifs is 1. The lowest BCUT2D eigenvalue weighted by Crippen LogP contribution is -2.30. The average Bonchev–Trinajstić information content (AvgIpc) is 2.74. The molecule has 0 spiro atoms. The van der Waals surface area contributed by atoms with Crippen molar-refractivity contribution in [1.82, 2.24) is 10.7 Å². The summed E-state index contributed by atoms with van der Waals surface area (Å²) in [5, 5.41) is 18.1. The number of halogens is 1. The van der Waals surface area contributed by atoms with E-state index in [1.165, 1.54) is 18.2 Å². The van der Waals surface area contributed by atoms with Gasteiger partial charge in [0.1, 0.15) is 12.4 Å². The van der Waals surface area contributed by atoms with Gasteiger partial charge in [0, 0.05) is 17.2 Å². The molecule has 0 aliphatic rings. The molecule has 0 bridgehead atoms. The highest BCUT2D eigenvalue weighted by Gasteiger charge is 2.10.